The van der Waals surface area contributed by atoms with E-state index in [0.29, 0.717) is 12.2 Å². The molecule has 0 aliphatic heterocycles. The van der Waals surface area contributed by atoms with Crippen molar-refractivity contribution in [1.82, 2.24) is 0 Å². The van der Waals surface area contributed by atoms with Crippen LogP contribution in [-0.2, 0) is 4.79 Å². The number of carboxylic acid groups (broad SMARTS) is 1. The summed E-state index contributed by atoms with van der Waals surface area (Å²) in [6.07, 6.45) is 1.62. The van der Waals surface area contributed by atoms with Crippen LogP contribution in [0.1, 0.15) is 19.4 Å². The van der Waals surface area contributed by atoms with Crippen molar-refractivity contribution in [2.45, 2.75) is 13.8 Å². The standard InChI is InChI=1S/C12H14O3/c1-3-15-11-6-4-5-10(8-11)7-9(2)12(13)14/h4-8H,3H2,1-2H3,(H,13,14). The summed E-state index contributed by atoms with van der Waals surface area (Å²) in [5.74, 6) is -0.152. The molecule has 1 aromatic carbocycles. The minimum Gasteiger partial charge on any atom is -0.494 e. The monoisotopic (exact) mass is 206 g/mol. The lowest BCUT2D eigenvalue weighted by Gasteiger charge is -2.03. The highest BCUT2D eigenvalue weighted by Crippen LogP contribution is 2.15. The van der Waals surface area contributed by atoms with Gasteiger partial charge in [-0.05, 0) is 37.6 Å². The van der Waals surface area contributed by atoms with E-state index in [1.54, 1.807) is 13.0 Å². The maximum absolute atomic E-state index is 10.6. The number of hydrogen-bond acceptors (Lipinski definition) is 2. The number of carboxylic acids is 1. The molecule has 0 bridgehead atoms. The highest BCUT2D eigenvalue weighted by molar-refractivity contribution is 5.91. The zero-order valence-corrected chi connectivity index (χ0v) is 8.86. The van der Waals surface area contributed by atoms with E-state index in [9.17, 15) is 4.79 Å². The lowest BCUT2D eigenvalue weighted by atomic mass is 10.1. The van der Waals surface area contributed by atoms with Crippen molar-refractivity contribution >= 4 is 12.0 Å². The van der Waals surface area contributed by atoms with Gasteiger partial charge in [-0.25, -0.2) is 4.79 Å². The Morgan fingerprint density at radius 3 is 2.87 bits per heavy atom. The third-order valence-electron chi connectivity index (χ3n) is 1.89. The summed E-state index contributed by atoms with van der Waals surface area (Å²) in [5, 5.41) is 8.72. The molecule has 15 heavy (non-hydrogen) atoms. The summed E-state index contributed by atoms with van der Waals surface area (Å²) in [4.78, 5) is 10.6. The average Bonchev–Trinajstić information content (AvgIpc) is 2.18. The molecule has 0 saturated heterocycles. The van der Waals surface area contributed by atoms with E-state index in [2.05, 4.69) is 0 Å². The molecule has 80 valence electrons. The molecule has 0 aliphatic carbocycles. The third kappa shape index (κ3) is 3.46. The fraction of sp³-hybridized carbons (Fsp3) is 0.250. The van der Waals surface area contributed by atoms with Gasteiger partial charge in [0.1, 0.15) is 5.75 Å². The fourth-order valence-electron chi connectivity index (χ4n) is 1.17. The SMILES string of the molecule is CCOc1cccc(C=C(C)C(=O)O)c1. The van der Waals surface area contributed by atoms with Crippen molar-refractivity contribution in [2.75, 3.05) is 6.61 Å². The van der Waals surface area contributed by atoms with E-state index in [4.69, 9.17) is 9.84 Å². The van der Waals surface area contributed by atoms with Gasteiger partial charge in [-0.15, -0.1) is 0 Å². The number of benzene rings is 1. The molecule has 0 amide bonds. The summed E-state index contributed by atoms with van der Waals surface area (Å²) in [6.45, 7) is 4.08. The summed E-state index contributed by atoms with van der Waals surface area (Å²) in [6, 6.07) is 7.34. The quantitative estimate of drug-likeness (QED) is 0.770. The number of rotatable bonds is 4. The minimum atomic E-state index is -0.906. The first-order valence-corrected chi connectivity index (χ1v) is 4.78. The number of ether oxygens (including phenoxy) is 1. The van der Waals surface area contributed by atoms with Gasteiger partial charge in [-0.1, -0.05) is 12.1 Å². The molecule has 0 saturated carbocycles. The first-order valence-electron chi connectivity index (χ1n) is 4.78. The number of aliphatic carboxylic acids is 1. The maximum Gasteiger partial charge on any atom is 0.331 e. The minimum absolute atomic E-state index is 0.309. The summed E-state index contributed by atoms with van der Waals surface area (Å²) in [5.41, 5.74) is 1.14. The van der Waals surface area contributed by atoms with Gasteiger partial charge in [-0.3, -0.25) is 0 Å². The van der Waals surface area contributed by atoms with Crippen LogP contribution in [0.4, 0.5) is 0 Å². The first-order chi connectivity index (χ1) is 7.13. The van der Waals surface area contributed by atoms with Gasteiger partial charge in [0.05, 0.1) is 6.61 Å². The van der Waals surface area contributed by atoms with Crippen LogP contribution in [0.5, 0.6) is 5.75 Å². The van der Waals surface area contributed by atoms with E-state index in [0.717, 1.165) is 11.3 Å². The van der Waals surface area contributed by atoms with Crippen LogP contribution in [0.25, 0.3) is 6.08 Å². The van der Waals surface area contributed by atoms with Crippen molar-refractivity contribution in [3.05, 3.63) is 35.4 Å². The van der Waals surface area contributed by atoms with Crippen LogP contribution < -0.4 is 4.74 Å². The molecule has 3 nitrogen and oxygen atoms in total. The Bertz CT molecular complexity index is 380. The molecular weight excluding hydrogens is 192 g/mol. The molecule has 1 rings (SSSR count). The summed E-state index contributed by atoms with van der Waals surface area (Å²) in [7, 11) is 0. The highest BCUT2D eigenvalue weighted by atomic mass is 16.5. The lowest BCUT2D eigenvalue weighted by Crippen LogP contribution is -1.95. The van der Waals surface area contributed by atoms with Gasteiger partial charge in [0.25, 0.3) is 0 Å². The van der Waals surface area contributed by atoms with Crippen molar-refractivity contribution < 1.29 is 14.6 Å². The molecule has 3 heteroatoms. The number of hydrogen-bond donors (Lipinski definition) is 1. The van der Waals surface area contributed by atoms with Crippen LogP contribution in [0.3, 0.4) is 0 Å². The van der Waals surface area contributed by atoms with Crippen LogP contribution in [0, 0.1) is 0 Å². The summed E-state index contributed by atoms with van der Waals surface area (Å²) < 4.78 is 5.31. The Hall–Kier alpha value is -1.77. The van der Waals surface area contributed by atoms with E-state index in [1.807, 2.05) is 31.2 Å². The Kier molecular flexibility index (Phi) is 3.92. The maximum atomic E-state index is 10.6. The Morgan fingerprint density at radius 1 is 1.53 bits per heavy atom. The Balaban J connectivity index is 2.91. The molecule has 0 aromatic heterocycles. The largest absolute Gasteiger partial charge is 0.494 e. The molecule has 1 N–H and O–H groups in total. The molecular formula is C12H14O3. The molecule has 0 heterocycles. The molecule has 0 spiro atoms. The van der Waals surface area contributed by atoms with Gasteiger partial charge in [0.15, 0.2) is 0 Å². The predicted molar refractivity (Wildman–Crippen MR) is 58.9 cm³/mol. The molecule has 1 aromatic rings. The van der Waals surface area contributed by atoms with E-state index >= 15 is 0 Å². The van der Waals surface area contributed by atoms with Crippen molar-refractivity contribution in [1.29, 1.82) is 0 Å². The highest BCUT2D eigenvalue weighted by Gasteiger charge is 2.00. The van der Waals surface area contributed by atoms with E-state index < -0.39 is 5.97 Å². The van der Waals surface area contributed by atoms with Crippen LogP contribution in [-0.4, -0.2) is 17.7 Å². The van der Waals surface area contributed by atoms with E-state index in [1.165, 1.54) is 0 Å². The normalized spacial score (nSPS) is 11.2. The molecule has 0 unspecified atom stereocenters. The molecule has 0 aliphatic rings. The zero-order valence-electron chi connectivity index (χ0n) is 8.86. The van der Waals surface area contributed by atoms with Crippen molar-refractivity contribution in [3.63, 3.8) is 0 Å². The molecule has 0 radical (unpaired) electrons. The molecule has 0 atom stereocenters. The second-order valence-corrected chi connectivity index (χ2v) is 3.14. The van der Waals surface area contributed by atoms with Crippen molar-refractivity contribution in [2.24, 2.45) is 0 Å². The van der Waals surface area contributed by atoms with Gasteiger partial charge in [0, 0.05) is 5.57 Å². The smallest absolute Gasteiger partial charge is 0.331 e. The van der Waals surface area contributed by atoms with Crippen LogP contribution in [0.15, 0.2) is 29.8 Å². The van der Waals surface area contributed by atoms with Crippen LogP contribution >= 0.6 is 0 Å². The topological polar surface area (TPSA) is 46.5 Å². The Morgan fingerprint density at radius 2 is 2.27 bits per heavy atom. The summed E-state index contributed by atoms with van der Waals surface area (Å²) >= 11 is 0. The lowest BCUT2D eigenvalue weighted by molar-refractivity contribution is -0.132. The van der Waals surface area contributed by atoms with E-state index in [-0.39, 0.29) is 0 Å². The molecule has 0 fully saturated rings. The van der Waals surface area contributed by atoms with Crippen molar-refractivity contribution in [3.8, 4) is 5.75 Å². The Labute approximate surface area is 89.0 Å². The van der Waals surface area contributed by atoms with Gasteiger partial charge in [-0.2, -0.15) is 0 Å². The van der Waals surface area contributed by atoms with Crippen LogP contribution in [0.2, 0.25) is 0 Å². The first kappa shape index (κ1) is 11.3. The third-order valence-corrected chi connectivity index (χ3v) is 1.89. The van der Waals surface area contributed by atoms with Gasteiger partial charge < -0.3 is 9.84 Å². The fourth-order valence-corrected chi connectivity index (χ4v) is 1.17. The predicted octanol–water partition coefficient (Wildman–Crippen LogP) is 2.57. The number of carbonyl (C=O) groups is 1. The second-order valence-electron chi connectivity index (χ2n) is 3.14. The second kappa shape index (κ2) is 5.20. The van der Waals surface area contributed by atoms with Gasteiger partial charge in [0.2, 0.25) is 0 Å². The zero-order chi connectivity index (χ0) is 11.3. The van der Waals surface area contributed by atoms with Gasteiger partial charge >= 0.3 is 5.97 Å². The average molecular weight is 206 g/mol.